The largest absolute Gasteiger partial charge is 0.316 e. The van der Waals surface area contributed by atoms with Crippen molar-refractivity contribution in [3.8, 4) is 0 Å². The third-order valence-electron chi connectivity index (χ3n) is 1.24. The third kappa shape index (κ3) is 1.95. The maximum absolute atomic E-state index is 3.33. The van der Waals surface area contributed by atoms with Gasteiger partial charge in [-0.25, -0.2) is 0 Å². The second-order valence-electron chi connectivity index (χ2n) is 1.94. The Morgan fingerprint density at radius 2 is 2.43 bits per heavy atom. The van der Waals surface area contributed by atoms with Crippen molar-refractivity contribution >= 4 is 22.6 Å². The first-order chi connectivity index (χ1) is 3.39. The van der Waals surface area contributed by atoms with Crippen LogP contribution in [0.1, 0.15) is 12.8 Å². The molecule has 1 unspecified atom stereocenters. The molecule has 0 saturated carbocycles. The summed E-state index contributed by atoms with van der Waals surface area (Å²) in [5.41, 5.74) is 0. The smallest absolute Gasteiger partial charge is 0.0235 e. The molecule has 0 bridgehead atoms. The second kappa shape index (κ2) is 2.87. The van der Waals surface area contributed by atoms with Gasteiger partial charge < -0.3 is 5.32 Å². The molecule has 0 spiro atoms. The highest BCUT2D eigenvalue weighted by Gasteiger charge is 2.06. The molecule has 0 radical (unpaired) electrons. The van der Waals surface area contributed by atoms with Crippen LogP contribution < -0.4 is 5.32 Å². The van der Waals surface area contributed by atoms with Crippen LogP contribution in [0.15, 0.2) is 0 Å². The van der Waals surface area contributed by atoms with Crippen LogP contribution >= 0.6 is 22.6 Å². The Kier molecular flexibility index (Phi) is 2.38. The minimum atomic E-state index is 0.895. The summed E-state index contributed by atoms with van der Waals surface area (Å²) < 4.78 is 0.895. The molecule has 1 atom stereocenters. The summed E-state index contributed by atoms with van der Waals surface area (Å²) in [4.78, 5) is 0. The van der Waals surface area contributed by atoms with E-state index in [9.17, 15) is 0 Å². The molecule has 1 saturated heterocycles. The Labute approximate surface area is 58.0 Å². The summed E-state index contributed by atoms with van der Waals surface area (Å²) in [5.74, 6) is 0. The van der Waals surface area contributed by atoms with Gasteiger partial charge in [-0.3, -0.25) is 0 Å². The zero-order valence-corrected chi connectivity index (χ0v) is 6.44. The van der Waals surface area contributed by atoms with Gasteiger partial charge in [-0.2, -0.15) is 0 Å². The van der Waals surface area contributed by atoms with E-state index in [1.807, 2.05) is 0 Å². The first kappa shape index (κ1) is 5.82. The molecule has 1 N–H and O–H groups in total. The summed E-state index contributed by atoms with van der Waals surface area (Å²) in [7, 11) is 0. The van der Waals surface area contributed by atoms with Gasteiger partial charge in [0.05, 0.1) is 0 Å². The van der Waals surface area contributed by atoms with E-state index in [1.54, 1.807) is 0 Å². The van der Waals surface area contributed by atoms with Gasteiger partial charge in [0, 0.05) is 10.5 Å². The summed E-state index contributed by atoms with van der Waals surface area (Å²) in [6, 6.07) is 0. The number of alkyl halides is 1. The normalized spacial score (nSPS) is 33.0. The molecule has 0 amide bonds. The Hall–Kier alpha value is 0.690. The maximum Gasteiger partial charge on any atom is 0.0235 e. The van der Waals surface area contributed by atoms with Crippen LogP contribution in [0.4, 0.5) is 0 Å². The van der Waals surface area contributed by atoms with Crippen LogP contribution in [0.25, 0.3) is 0 Å². The summed E-state index contributed by atoms with van der Waals surface area (Å²) in [6.45, 7) is 2.46. The molecule has 42 valence electrons. The van der Waals surface area contributed by atoms with Gasteiger partial charge in [-0.05, 0) is 19.4 Å². The number of nitrogens with one attached hydrogen (secondary N) is 1. The van der Waals surface area contributed by atoms with Crippen LogP contribution in [-0.2, 0) is 0 Å². The van der Waals surface area contributed by atoms with Crippen molar-refractivity contribution in [1.82, 2.24) is 5.32 Å². The quantitative estimate of drug-likeness (QED) is 0.468. The molecule has 0 aromatic heterocycles. The molecule has 7 heavy (non-hydrogen) atoms. The second-order valence-corrected chi connectivity index (χ2v) is 3.71. The fraction of sp³-hybridized carbons (Fsp3) is 1.00. The summed E-state index contributed by atoms with van der Waals surface area (Å²) in [5, 5.41) is 3.33. The first-order valence-corrected chi connectivity index (χ1v) is 3.99. The van der Waals surface area contributed by atoms with E-state index in [0.29, 0.717) is 0 Å². The molecule has 1 aliphatic heterocycles. The third-order valence-corrected chi connectivity index (χ3v) is 2.30. The minimum absolute atomic E-state index is 0.895. The molecule has 0 aliphatic carbocycles. The number of hydrogen-bond acceptors (Lipinski definition) is 1. The molecular formula is C5H10IN. The van der Waals surface area contributed by atoms with E-state index in [4.69, 9.17) is 0 Å². The predicted molar refractivity (Wildman–Crippen MR) is 39.9 cm³/mol. The van der Waals surface area contributed by atoms with Crippen molar-refractivity contribution in [3.05, 3.63) is 0 Å². The van der Waals surface area contributed by atoms with Crippen molar-refractivity contribution in [2.45, 2.75) is 16.8 Å². The zero-order valence-electron chi connectivity index (χ0n) is 4.28. The van der Waals surface area contributed by atoms with Crippen molar-refractivity contribution in [2.75, 3.05) is 13.1 Å². The van der Waals surface area contributed by atoms with Crippen LogP contribution in [0, 0.1) is 0 Å². The highest BCUT2D eigenvalue weighted by molar-refractivity contribution is 14.1. The molecule has 0 aromatic carbocycles. The van der Waals surface area contributed by atoms with E-state index in [0.717, 1.165) is 3.92 Å². The lowest BCUT2D eigenvalue weighted by Crippen LogP contribution is -2.29. The molecule has 1 aliphatic rings. The fourth-order valence-corrected chi connectivity index (χ4v) is 1.56. The molecule has 1 heterocycles. The Balaban J connectivity index is 2.12. The standard InChI is InChI=1S/C5H10IN/c6-5-2-1-3-7-4-5/h5,7H,1-4H2. The molecule has 1 rings (SSSR count). The van der Waals surface area contributed by atoms with Crippen molar-refractivity contribution in [3.63, 3.8) is 0 Å². The number of hydrogen-bond donors (Lipinski definition) is 1. The zero-order chi connectivity index (χ0) is 5.11. The maximum atomic E-state index is 3.33. The number of rotatable bonds is 0. The summed E-state index contributed by atoms with van der Waals surface area (Å²) >= 11 is 2.49. The monoisotopic (exact) mass is 211 g/mol. The van der Waals surface area contributed by atoms with E-state index < -0.39 is 0 Å². The van der Waals surface area contributed by atoms with E-state index in [-0.39, 0.29) is 0 Å². The Morgan fingerprint density at radius 3 is 2.71 bits per heavy atom. The van der Waals surface area contributed by atoms with Crippen LogP contribution in [0.2, 0.25) is 0 Å². The van der Waals surface area contributed by atoms with Crippen LogP contribution in [0.3, 0.4) is 0 Å². The van der Waals surface area contributed by atoms with Crippen LogP contribution in [0.5, 0.6) is 0 Å². The molecule has 1 fully saturated rings. The Morgan fingerprint density at radius 1 is 1.57 bits per heavy atom. The highest BCUT2D eigenvalue weighted by atomic mass is 127. The van der Waals surface area contributed by atoms with Gasteiger partial charge in [-0.15, -0.1) is 0 Å². The van der Waals surface area contributed by atoms with E-state index >= 15 is 0 Å². The van der Waals surface area contributed by atoms with Gasteiger partial charge in [0.15, 0.2) is 0 Å². The first-order valence-electron chi connectivity index (χ1n) is 2.74. The molecule has 2 heteroatoms. The van der Waals surface area contributed by atoms with Gasteiger partial charge in [0.1, 0.15) is 0 Å². The van der Waals surface area contributed by atoms with E-state index in [2.05, 4.69) is 27.9 Å². The Bertz CT molecular complexity index is 50.0. The van der Waals surface area contributed by atoms with Gasteiger partial charge in [0.25, 0.3) is 0 Å². The highest BCUT2D eigenvalue weighted by Crippen LogP contribution is 2.09. The van der Waals surface area contributed by atoms with Crippen LogP contribution in [-0.4, -0.2) is 17.0 Å². The lowest BCUT2D eigenvalue weighted by molar-refractivity contribution is 0.543. The molecular weight excluding hydrogens is 201 g/mol. The van der Waals surface area contributed by atoms with Crippen molar-refractivity contribution < 1.29 is 0 Å². The van der Waals surface area contributed by atoms with E-state index in [1.165, 1.54) is 25.9 Å². The molecule has 0 aromatic rings. The van der Waals surface area contributed by atoms with Crippen molar-refractivity contribution in [1.29, 1.82) is 0 Å². The van der Waals surface area contributed by atoms with Gasteiger partial charge in [0.2, 0.25) is 0 Å². The topological polar surface area (TPSA) is 12.0 Å². The SMILES string of the molecule is IC1CCCNC1. The van der Waals surface area contributed by atoms with Gasteiger partial charge >= 0.3 is 0 Å². The lowest BCUT2D eigenvalue weighted by atomic mass is 10.2. The van der Waals surface area contributed by atoms with Crippen molar-refractivity contribution in [2.24, 2.45) is 0 Å². The predicted octanol–water partition coefficient (Wildman–Crippen LogP) is 1.17. The average Bonchev–Trinajstić information content (AvgIpc) is 1.69. The lowest BCUT2D eigenvalue weighted by Gasteiger charge is -2.16. The van der Waals surface area contributed by atoms with Gasteiger partial charge in [-0.1, -0.05) is 22.6 Å². The minimum Gasteiger partial charge on any atom is -0.316 e. The number of halogens is 1. The summed E-state index contributed by atoms with van der Waals surface area (Å²) in [6.07, 6.45) is 2.78. The fourth-order valence-electron chi connectivity index (χ4n) is 0.809. The number of piperidine rings is 1. The average molecular weight is 211 g/mol. The molecule has 1 nitrogen and oxygen atoms in total.